The number of rotatable bonds is 1. The minimum atomic E-state index is -0.850. The molecule has 1 aliphatic carbocycles. The molecule has 6 heteroatoms. The molecule has 0 aromatic carbocycles. The van der Waals surface area contributed by atoms with Gasteiger partial charge in [0.25, 0.3) is 0 Å². The minimum Gasteiger partial charge on any atom is -0.479 e. The summed E-state index contributed by atoms with van der Waals surface area (Å²) in [4.78, 5) is 10.8. The van der Waals surface area contributed by atoms with Crippen molar-refractivity contribution in [2.45, 2.75) is 35.9 Å². The maximum atomic E-state index is 10.8. The summed E-state index contributed by atoms with van der Waals surface area (Å²) >= 11 is 9.31. The van der Waals surface area contributed by atoms with Gasteiger partial charge in [-0.2, -0.15) is 25.3 Å². The normalized spacial score (nSPS) is 44.5. The van der Waals surface area contributed by atoms with Crippen LogP contribution in [0, 0.1) is 5.41 Å². The van der Waals surface area contributed by atoms with Gasteiger partial charge in [-0.25, -0.2) is 4.79 Å². The fraction of sp³-hybridized carbons (Fsp3) is 0.900. The van der Waals surface area contributed by atoms with E-state index in [1.165, 1.54) is 0 Å². The molecule has 16 heavy (non-hydrogen) atoms. The van der Waals surface area contributed by atoms with Crippen molar-refractivity contribution in [3.05, 3.63) is 0 Å². The van der Waals surface area contributed by atoms with Gasteiger partial charge in [-0.1, -0.05) is 6.42 Å². The summed E-state index contributed by atoms with van der Waals surface area (Å²) < 4.78 is 0. The maximum Gasteiger partial charge on any atom is 0.335 e. The molecule has 0 aromatic heterocycles. The Morgan fingerprint density at radius 1 is 1.19 bits per heavy atom. The van der Waals surface area contributed by atoms with Crippen LogP contribution in [0.5, 0.6) is 0 Å². The lowest BCUT2D eigenvalue weighted by atomic mass is 9.72. The molecule has 92 valence electrons. The Hall–Kier alpha value is 0.0900. The van der Waals surface area contributed by atoms with Crippen molar-refractivity contribution in [2.75, 3.05) is 13.1 Å². The molecule has 0 bridgehead atoms. The highest BCUT2D eigenvalue weighted by atomic mass is 32.1. The van der Waals surface area contributed by atoms with Crippen molar-refractivity contribution >= 4 is 31.2 Å². The van der Waals surface area contributed by atoms with E-state index in [1.807, 2.05) is 0 Å². The number of hydrogen-bond acceptors (Lipinski definition) is 5. The molecule has 3 N–H and O–H groups in total. The van der Waals surface area contributed by atoms with E-state index in [-0.39, 0.29) is 5.41 Å². The van der Waals surface area contributed by atoms with E-state index in [9.17, 15) is 4.79 Å². The van der Waals surface area contributed by atoms with Crippen LogP contribution in [0.1, 0.15) is 19.3 Å². The van der Waals surface area contributed by atoms with Crippen molar-refractivity contribution in [1.29, 1.82) is 0 Å². The van der Waals surface area contributed by atoms with Gasteiger partial charge in [-0.15, -0.1) is 0 Å². The second-order valence-electron chi connectivity index (χ2n) is 4.73. The maximum absolute atomic E-state index is 10.8. The largest absolute Gasteiger partial charge is 0.479 e. The monoisotopic (exact) mass is 262 g/mol. The first-order chi connectivity index (χ1) is 7.56. The molecule has 1 spiro atoms. The third kappa shape index (κ3) is 2.08. The van der Waals surface area contributed by atoms with Crippen molar-refractivity contribution in [3.8, 4) is 0 Å². The van der Waals surface area contributed by atoms with Gasteiger partial charge in [-0.05, 0) is 12.8 Å². The van der Waals surface area contributed by atoms with Crippen LogP contribution in [0.15, 0.2) is 0 Å². The Kier molecular flexibility index (Phi) is 3.73. The zero-order chi connectivity index (χ0) is 11.8. The quantitative estimate of drug-likeness (QED) is 0.443. The lowest BCUT2D eigenvalue weighted by Crippen LogP contribution is -2.66. The highest BCUT2D eigenvalue weighted by Crippen LogP contribution is 2.42. The van der Waals surface area contributed by atoms with Gasteiger partial charge in [0.2, 0.25) is 0 Å². The first-order valence-corrected chi connectivity index (χ1v) is 6.65. The van der Waals surface area contributed by atoms with E-state index in [1.54, 1.807) is 0 Å². The third-order valence-electron chi connectivity index (χ3n) is 3.80. The fourth-order valence-electron chi connectivity index (χ4n) is 2.67. The number of nitrogens with one attached hydrogen (secondary N) is 2. The lowest BCUT2D eigenvalue weighted by molar-refractivity contribution is -0.141. The summed E-state index contributed by atoms with van der Waals surface area (Å²) in [7, 11) is 0. The van der Waals surface area contributed by atoms with Gasteiger partial charge in [0.05, 0.1) is 0 Å². The van der Waals surface area contributed by atoms with Crippen LogP contribution in [-0.4, -0.2) is 40.8 Å². The standard InChI is InChI=1S/C10H18N2O2S2/c13-9(14)8-11-4-10(5-12-8)6(15)2-1-3-7(10)16/h6-8,11-12,15-16H,1-5H2,(H,13,14). The van der Waals surface area contributed by atoms with Gasteiger partial charge in [0, 0.05) is 29.0 Å². The van der Waals surface area contributed by atoms with Gasteiger partial charge < -0.3 is 5.11 Å². The average Bonchev–Trinajstić information content (AvgIpc) is 2.27. The second-order valence-corrected chi connectivity index (χ2v) is 5.98. The summed E-state index contributed by atoms with van der Waals surface area (Å²) in [6.45, 7) is 1.36. The Bertz CT molecular complexity index is 268. The average molecular weight is 262 g/mol. The molecule has 2 aliphatic rings. The van der Waals surface area contributed by atoms with Gasteiger partial charge in [-0.3, -0.25) is 10.6 Å². The van der Waals surface area contributed by atoms with Gasteiger partial charge in [0.1, 0.15) is 0 Å². The predicted octanol–water partition coefficient (Wildman–Crippen LogP) is 0.357. The smallest absolute Gasteiger partial charge is 0.335 e. The molecule has 1 saturated heterocycles. The number of carbonyl (C=O) groups is 1. The number of thiol groups is 2. The zero-order valence-electron chi connectivity index (χ0n) is 9.02. The summed E-state index contributed by atoms with van der Waals surface area (Å²) in [5.74, 6) is -0.850. The molecule has 1 aliphatic heterocycles. The van der Waals surface area contributed by atoms with Crippen LogP contribution in [0.2, 0.25) is 0 Å². The summed E-state index contributed by atoms with van der Waals surface area (Å²) in [5, 5.41) is 15.5. The minimum absolute atomic E-state index is 0.0174. The number of carboxylic acid groups (broad SMARTS) is 1. The predicted molar refractivity (Wildman–Crippen MR) is 69.3 cm³/mol. The van der Waals surface area contributed by atoms with E-state index < -0.39 is 12.1 Å². The first kappa shape index (κ1) is 12.5. The fourth-order valence-corrected chi connectivity index (χ4v) is 3.87. The van der Waals surface area contributed by atoms with Crippen LogP contribution >= 0.6 is 25.3 Å². The number of carboxylic acids is 1. The SMILES string of the molecule is O=C(O)C1NCC2(CN1)C(S)CCCC2S. The molecular formula is C10H18N2O2S2. The molecule has 0 radical (unpaired) electrons. The van der Waals surface area contributed by atoms with E-state index in [2.05, 4.69) is 35.9 Å². The summed E-state index contributed by atoms with van der Waals surface area (Å²) in [6.07, 6.45) is 2.70. The molecule has 2 unspecified atom stereocenters. The molecule has 2 atom stereocenters. The molecular weight excluding hydrogens is 244 g/mol. The van der Waals surface area contributed by atoms with Crippen molar-refractivity contribution in [2.24, 2.45) is 5.41 Å². The van der Waals surface area contributed by atoms with Crippen LogP contribution in [0.4, 0.5) is 0 Å². The van der Waals surface area contributed by atoms with Gasteiger partial charge in [0.15, 0.2) is 6.17 Å². The van der Waals surface area contributed by atoms with E-state index in [4.69, 9.17) is 5.11 Å². The van der Waals surface area contributed by atoms with Crippen LogP contribution < -0.4 is 10.6 Å². The van der Waals surface area contributed by atoms with Crippen LogP contribution in [-0.2, 0) is 4.79 Å². The Labute approximate surface area is 106 Å². The van der Waals surface area contributed by atoms with Crippen molar-refractivity contribution in [1.82, 2.24) is 10.6 Å². The Morgan fingerprint density at radius 2 is 1.69 bits per heavy atom. The van der Waals surface area contributed by atoms with E-state index in [0.29, 0.717) is 23.6 Å². The third-order valence-corrected chi connectivity index (χ3v) is 5.34. The second kappa shape index (κ2) is 4.76. The first-order valence-electron chi connectivity index (χ1n) is 5.62. The van der Waals surface area contributed by atoms with Crippen LogP contribution in [0.25, 0.3) is 0 Å². The number of hydrogen-bond donors (Lipinski definition) is 5. The van der Waals surface area contributed by atoms with E-state index >= 15 is 0 Å². The Morgan fingerprint density at radius 3 is 2.12 bits per heavy atom. The lowest BCUT2D eigenvalue weighted by Gasteiger charge is -2.50. The molecule has 1 heterocycles. The van der Waals surface area contributed by atoms with Gasteiger partial charge >= 0.3 is 5.97 Å². The molecule has 4 nitrogen and oxygen atoms in total. The zero-order valence-corrected chi connectivity index (χ0v) is 10.8. The van der Waals surface area contributed by atoms with Crippen molar-refractivity contribution < 1.29 is 9.90 Å². The topological polar surface area (TPSA) is 61.4 Å². The molecule has 2 rings (SSSR count). The summed E-state index contributed by atoms with van der Waals surface area (Å²) in [5.41, 5.74) is -0.0174. The highest BCUT2D eigenvalue weighted by Gasteiger charge is 2.47. The van der Waals surface area contributed by atoms with Crippen LogP contribution in [0.3, 0.4) is 0 Å². The number of aliphatic carboxylic acids is 1. The molecule has 1 saturated carbocycles. The van der Waals surface area contributed by atoms with E-state index in [0.717, 1.165) is 19.3 Å². The van der Waals surface area contributed by atoms with Crippen molar-refractivity contribution in [3.63, 3.8) is 0 Å². The Balaban J connectivity index is 2.06. The molecule has 2 fully saturated rings. The molecule has 0 aromatic rings. The highest BCUT2D eigenvalue weighted by molar-refractivity contribution is 7.82. The molecule has 0 amide bonds. The summed E-state index contributed by atoms with van der Waals surface area (Å²) in [6, 6.07) is 0.